The highest BCUT2D eigenvalue weighted by Gasteiger charge is 2.35. The molecular formula is C19H26N2O2. The first kappa shape index (κ1) is 16.0. The Hall–Kier alpha value is -1.84. The normalized spacial score (nSPS) is 22.7. The quantitative estimate of drug-likeness (QED) is 0.857. The van der Waals surface area contributed by atoms with Crippen LogP contribution in [0.25, 0.3) is 0 Å². The molecule has 2 fully saturated rings. The number of benzene rings is 1. The number of carbonyl (C=O) groups is 2. The van der Waals surface area contributed by atoms with Gasteiger partial charge < -0.3 is 9.80 Å². The van der Waals surface area contributed by atoms with Crippen LogP contribution in [0.4, 0.5) is 0 Å². The second-order valence-corrected chi connectivity index (χ2v) is 6.73. The van der Waals surface area contributed by atoms with Crippen LogP contribution in [0.2, 0.25) is 0 Å². The molecule has 1 saturated heterocycles. The average molecular weight is 314 g/mol. The third-order valence-corrected chi connectivity index (χ3v) is 5.22. The van der Waals surface area contributed by atoms with E-state index in [0.717, 1.165) is 24.8 Å². The Kier molecular flexibility index (Phi) is 4.99. The lowest BCUT2D eigenvalue weighted by molar-refractivity contribution is -0.138. The van der Waals surface area contributed by atoms with E-state index < -0.39 is 0 Å². The number of hydrogen-bond acceptors (Lipinski definition) is 2. The van der Waals surface area contributed by atoms with Crippen molar-refractivity contribution < 1.29 is 9.59 Å². The molecule has 4 nitrogen and oxygen atoms in total. The van der Waals surface area contributed by atoms with Crippen LogP contribution in [0.1, 0.15) is 44.6 Å². The molecule has 0 bridgehead atoms. The van der Waals surface area contributed by atoms with Gasteiger partial charge in [-0.25, -0.2) is 0 Å². The maximum atomic E-state index is 12.6. The molecule has 23 heavy (non-hydrogen) atoms. The topological polar surface area (TPSA) is 40.6 Å². The fourth-order valence-corrected chi connectivity index (χ4v) is 3.48. The maximum absolute atomic E-state index is 12.6. The first-order valence-corrected chi connectivity index (χ1v) is 8.81. The van der Waals surface area contributed by atoms with Gasteiger partial charge in [0.1, 0.15) is 0 Å². The van der Waals surface area contributed by atoms with Crippen molar-refractivity contribution in [1.82, 2.24) is 9.80 Å². The number of nitrogens with zero attached hydrogens (tertiary/aromatic N) is 2. The van der Waals surface area contributed by atoms with Gasteiger partial charge in [-0.15, -0.1) is 0 Å². The van der Waals surface area contributed by atoms with E-state index in [2.05, 4.69) is 19.1 Å². The van der Waals surface area contributed by atoms with Crippen LogP contribution in [-0.4, -0.2) is 40.7 Å². The molecule has 0 unspecified atom stereocenters. The van der Waals surface area contributed by atoms with Crippen molar-refractivity contribution in [2.24, 2.45) is 5.92 Å². The monoisotopic (exact) mass is 314 g/mol. The molecule has 0 radical (unpaired) electrons. The molecule has 1 atom stereocenters. The molecule has 2 amide bonds. The third-order valence-electron chi connectivity index (χ3n) is 5.22. The largest absolute Gasteiger partial charge is 0.340 e. The molecule has 3 rings (SSSR count). The van der Waals surface area contributed by atoms with Crippen molar-refractivity contribution in [1.29, 1.82) is 0 Å². The van der Waals surface area contributed by atoms with Gasteiger partial charge >= 0.3 is 0 Å². The number of carbonyl (C=O) groups excluding carboxylic acids is 2. The van der Waals surface area contributed by atoms with Crippen molar-refractivity contribution in [3.8, 4) is 0 Å². The summed E-state index contributed by atoms with van der Waals surface area (Å²) in [5, 5.41) is 0. The summed E-state index contributed by atoms with van der Waals surface area (Å²) in [6.45, 7) is 4.01. The van der Waals surface area contributed by atoms with E-state index in [9.17, 15) is 9.59 Å². The van der Waals surface area contributed by atoms with Crippen LogP contribution in [0.5, 0.6) is 0 Å². The van der Waals surface area contributed by atoms with Crippen LogP contribution in [0.15, 0.2) is 30.3 Å². The predicted octanol–water partition coefficient (Wildman–Crippen LogP) is 2.83. The molecule has 1 heterocycles. The minimum absolute atomic E-state index is 0.120. The lowest BCUT2D eigenvalue weighted by atomic mass is 9.84. The molecule has 1 aromatic rings. The fourth-order valence-electron chi connectivity index (χ4n) is 3.48. The van der Waals surface area contributed by atoms with Crippen LogP contribution in [0, 0.1) is 5.92 Å². The van der Waals surface area contributed by atoms with Gasteiger partial charge in [0.25, 0.3) is 0 Å². The van der Waals surface area contributed by atoms with Gasteiger partial charge in [-0.1, -0.05) is 43.7 Å². The summed E-state index contributed by atoms with van der Waals surface area (Å²) in [6, 6.07) is 10.2. The SMILES string of the molecule is CC[C@H]1CN(C(=O)C2CCC2)CCC(=O)N1Cc1ccccc1. The van der Waals surface area contributed by atoms with E-state index in [1.165, 1.54) is 6.42 Å². The van der Waals surface area contributed by atoms with Crippen LogP contribution < -0.4 is 0 Å². The Morgan fingerprint density at radius 3 is 2.57 bits per heavy atom. The number of hydrogen-bond donors (Lipinski definition) is 0. The van der Waals surface area contributed by atoms with Crippen molar-refractivity contribution in [3.05, 3.63) is 35.9 Å². The summed E-state index contributed by atoms with van der Waals surface area (Å²) in [6.07, 6.45) is 4.54. The second-order valence-electron chi connectivity index (χ2n) is 6.73. The summed E-state index contributed by atoms with van der Waals surface area (Å²) in [5.74, 6) is 0.650. The van der Waals surface area contributed by atoms with Crippen LogP contribution >= 0.6 is 0 Å². The van der Waals surface area contributed by atoms with Crippen LogP contribution in [-0.2, 0) is 16.1 Å². The first-order valence-electron chi connectivity index (χ1n) is 8.81. The Balaban J connectivity index is 1.72. The van der Waals surface area contributed by atoms with Gasteiger partial charge in [-0.3, -0.25) is 9.59 Å². The van der Waals surface area contributed by atoms with Gasteiger partial charge in [-0.05, 0) is 24.8 Å². The molecule has 124 valence electrons. The first-order chi connectivity index (χ1) is 11.2. The van der Waals surface area contributed by atoms with Crippen molar-refractivity contribution >= 4 is 11.8 Å². The Bertz CT molecular complexity index is 554. The average Bonchev–Trinajstić information content (AvgIpc) is 2.67. The lowest BCUT2D eigenvalue weighted by Gasteiger charge is -2.34. The molecule has 0 N–H and O–H groups in total. The van der Waals surface area contributed by atoms with Crippen LogP contribution in [0.3, 0.4) is 0 Å². The summed E-state index contributed by atoms with van der Waals surface area (Å²) in [4.78, 5) is 29.1. The highest BCUT2D eigenvalue weighted by Crippen LogP contribution is 2.29. The third kappa shape index (κ3) is 3.57. The van der Waals surface area contributed by atoms with Gasteiger partial charge in [-0.2, -0.15) is 0 Å². The molecule has 0 aromatic heterocycles. The Morgan fingerprint density at radius 1 is 1.22 bits per heavy atom. The second kappa shape index (κ2) is 7.16. The standard InChI is InChI=1S/C19H26N2O2/c1-2-17-14-20(19(23)16-9-6-10-16)12-11-18(22)21(17)13-15-7-4-3-5-8-15/h3-5,7-8,16-17H,2,6,9-14H2,1H3/t17-/m0/s1. The summed E-state index contributed by atoms with van der Waals surface area (Å²) >= 11 is 0. The number of rotatable bonds is 4. The minimum atomic E-state index is 0.120. The van der Waals surface area contributed by atoms with Gasteiger partial charge in [0.15, 0.2) is 0 Å². The van der Waals surface area contributed by atoms with Crippen molar-refractivity contribution in [3.63, 3.8) is 0 Å². The number of amides is 2. The minimum Gasteiger partial charge on any atom is -0.340 e. The highest BCUT2D eigenvalue weighted by molar-refractivity contribution is 5.82. The Morgan fingerprint density at radius 2 is 1.96 bits per heavy atom. The van der Waals surface area contributed by atoms with E-state index in [4.69, 9.17) is 0 Å². The van der Waals surface area contributed by atoms with E-state index in [0.29, 0.717) is 26.1 Å². The van der Waals surface area contributed by atoms with Gasteiger partial charge in [0.05, 0.1) is 0 Å². The summed E-state index contributed by atoms with van der Waals surface area (Å²) in [7, 11) is 0. The molecule has 0 spiro atoms. The summed E-state index contributed by atoms with van der Waals surface area (Å²) < 4.78 is 0. The zero-order valence-electron chi connectivity index (χ0n) is 13.9. The molecule has 2 aliphatic rings. The zero-order chi connectivity index (χ0) is 16.2. The maximum Gasteiger partial charge on any atom is 0.225 e. The lowest BCUT2D eigenvalue weighted by Crippen LogP contribution is -2.46. The molecule has 4 heteroatoms. The van der Waals surface area contributed by atoms with Crippen molar-refractivity contribution in [2.75, 3.05) is 13.1 Å². The smallest absolute Gasteiger partial charge is 0.225 e. The highest BCUT2D eigenvalue weighted by atomic mass is 16.2. The van der Waals surface area contributed by atoms with Gasteiger partial charge in [0, 0.05) is 38.0 Å². The van der Waals surface area contributed by atoms with Crippen molar-refractivity contribution in [2.45, 2.75) is 51.6 Å². The molecule has 1 saturated carbocycles. The molecule has 1 aliphatic carbocycles. The van der Waals surface area contributed by atoms with E-state index in [-0.39, 0.29) is 23.8 Å². The predicted molar refractivity (Wildman–Crippen MR) is 89.6 cm³/mol. The van der Waals surface area contributed by atoms with E-state index in [1.807, 2.05) is 28.0 Å². The van der Waals surface area contributed by atoms with Gasteiger partial charge in [0.2, 0.25) is 11.8 Å². The molecular weight excluding hydrogens is 288 g/mol. The van der Waals surface area contributed by atoms with E-state index >= 15 is 0 Å². The fraction of sp³-hybridized carbons (Fsp3) is 0.579. The Labute approximate surface area is 138 Å². The zero-order valence-corrected chi connectivity index (χ0v) is 13.9. The molecule has 1 aromatic carbocycles. The summed E-state index contributed by atoms with van der Waals surface area (Å²) in [5.41, 5.74) is 1.15. The molecule has 1 aliphatic heterocycles. The van der Waals surface area contributed by atoms with E-state index in [1.54, 1.807) is 0 Å².